The van der Waals surface area contributed by atoms with Crippen molar-refractivity contribution in [3.8, 4) is 0 Å². The van der Waals surface area contributed by atoms with Crippen molar-refractivity contribution >= 4 is 10.3 Å². The zero-order valence-corrected chi connectivity index (χ0v) is 10.3. The van der Waals surface area contributed by atoms with Gasteiger partial charge in [0.25, 0.3) is 0 Å². The first-order valence-electron chi connectivity index (χ1n) is 5.60. The summed E-state index contributed by atoms with van der Waals surface area (Å²) in [5, 5.41) is 9.66. The lowest BCUT2D eigenvalue weighted by atomic mass is 10.1. The molecular weight excluding hydrogens is 230 g/mol. The van der Waals surface area contributed by atoms with Gasteiger partial charge in [0.15, 0.2) is 0 Å². The summed E-state index contributed by atoms with van der Waals surface area (Å²) in [6.45, 7) is 2.12. The highest BCUT2D eigenvalue weighted by Gasteiger charge is 2.22. The van der Waals surface area contributed by atoms with E-state index in [1.165, 1.54) is 0 Å². The van der Waals surface area contributed by atoms with Crippen LogP contribution in [0.1, 0.15) is 39.0 Å². The van der Waals surface area contributed by atoms with Crippen molar-refractivity contribution in [1.29, 1.82) is 0 Å². The van der Waals surface area contributed by atoms with Gasteiger partial charge in [-0.1, -0.05) is 25.8 Å². The predicted octanol–water partition coefficient (Wildman–Crippen LogP) is 1.07. The van der Waals surface area contributed by atoms with Crippen LogP contribution < -0.4 is 4.72 Å². The Morgan fingerprint density at radius 2 is 2.31 bits per heavy atom. The number of allylic oxidation sites excluding steroid dienone is 1. The second kappa shape index (κ2) is 6.22. The van der Waals surface area contributed by atoms with Crippen LogP contribution >= 0.6 is 0 Å². The van der Waals surface area contributed by atoms with Crippen LogP contribution in [0.4, 0.5) is 0 Å². The largest absolute Gasteiger partial charge is 0.387 e. The Kier molecular flexibility index (Phi) is 5.24. The van der Waals surface area contributed by atoms with Crippen molar-refractivity contribution in [1.82, 2.24) is 4.72 Å². The van der Waals surface area contributed by atoms with Gasteiger partial charge < -0.3 is 5.11 Å². The standard InChI is InChI=1S/C10H19NO4S/c1-2-3-4-5-6-9-10(12)7-8-15-16(13,14)11-9/h6,10-12H,2-5,7-8H2,1H3. The molecule has 16 heavy (non-hydrogen) atoms. The third-order valence-corrected chi connectivity index (χ3v) is 3.37. The van der Waals surface area contributed by atoms with Gasteiger partial charge in [0, 0.05) is 6.42 Å². The second-order valence-corrected chi connectivity index (χ2v) is 5.19. The highest BCUT2D eigenvalue weighted by atomic mass is 32.2. The fraction of sp³-hybridized carbons (Fsp3) is 0.800. The Labute approximate surface area is 96.8 Å². The van der Waals surface area contributed by atoms with Crippen LogP contribution in [0.25, 0.3) is 0 Å². The van der Waals surface area contributed by atoms with Gasteiger partial charge in [0.05, 0.1) is 18.4 Å². The number of aliphatic hydroxyl groups is 1. The van der Waals surface area contributed by atoms with Crippen molar-refractivity contribution in [2.24, 2.45) is 0 Å². The average Bonchev–Trinajstić information content (AvgIpc) is 2.33. The number of unbranched alkanes of at least 4 members (excludes halogenated alkanes) is 3. The van der Waals surface area contributed by atoms with E-state index in [9.17, 15) is 13.5 Å². The maximum atomic E-state index is 11.2. The second-order valence-electron chi connectivity index (χ2n) is 3.84. The molecule has 1 atom stereocenters. The summed E-state index contributed by atoms with van der Waals surface area (Å²) in [6, 6.07) is 0. The molecule has 5 nitrogen and oxygen atoms in total. The first-order valence-corrected chi connectivity index (χ1v) is 7.01. The normalized spacial score (nSPS) is 27.4. The van der Waals surface area contributed by atoms with Gasteiger partial charge in [0.1, 0.15) is 0 Å². The Balaban J connectivity index is 2.60. The van der Waals surface area contributed by atoms with Gasteiger partial charge in [-0.25, -0.2) is 0 Å². The van der Waals surface area contributed by atoms with E-state index in [1.807, 2.05) is 0 Å². The van der Waals surface area contributed by atoms with E-state index < -0.39 is 16.4 Å². The smallest absolute Gasteiger partial charge is 0.359 e. The van der Waals surface area contributed by atoms with Gasteiger partial charge in [-0.2, -0.15) is 8.42 Å². The van der Waals surface area contributed by atoms with E-state index in [2.05, 4.69) is 15.8 Å². The van der Waals surface area contributed by atoms with Gasteiger partial charge in [-0.3, -0.25) is 8.91 Å². The van der Waals surface area contributed by atoms with E-state index in [4.69, 9.17) is 0 Å². The topological polar surface area (TPSA) is 75.6 Å². The van der Waals surface area contributed by atoms with Crippen molar-refractivity contribution in [3.63, 3.8) is 0 Å². The summed E-state index contributed by atoms with van der Waals surface area (Å²) in [5.41, 5.74) is 0.341. The SMILES string of the molecule is CCCCCC=C1NS(=O)(=O)OCCC1O. The highest BCUT2D eigenvalue weighted by Crippen LogP contribution is 2.13. The molecule has 6 heteroatoms. The fourth-order valence-corrected chi connectivity index (χ4v) is 2.38. The Bertz CT molecular complexity index is 337. The third kappa shape index (κ3) is 4.51. The third-order valence-electron chi connectivity index (χ3n) is 2.40. The van der Waals surface area contributed by atoms with E-state index in [1.54, 1.807) is 6.08 Å². The highest BCUT2D eigenvalue weighted by molar-refractivity contribution is 7.84. The molecule has 0 spiro atoms. The molecule has 0 radical (unpaired) electrons. The van der Waals surface area contributed by atoms with Gasteiger partial charge >= 0.3 is 10.3 Å². The monoisotopic (exact) mass is 249 g/mol. The van der Waals surface area contributed by atoms with Crippen LogP contribution in [0, 0.1) is 0 Å². The van der Waals surface area contributed by atoms with Gasteiger partial charge in [-0.15, -0.1) is 0 Å². The van der Waals surface area contributed by atoms with E-state index in [0.717, 1.165) is 25.7 Å². The molecule has 1 aliphatic heterocycles. The van der Waals surface area contributed by atoms with Crippen LogP contribution in [0.3, 0.4) is 0 Å². The number of rotatable bonds is 4. The van der Waals surface area contributed by atoms with Crippen molar-refractivity contribution in [2.75, 3.05) is 6.61 Å². The summed E-state index contributed by atoms with van der Waals surface area (Å²) in [6.07, 6.45) is 5.24. The molecule has 1 unspecified atom stereocenters. The first-order chi connectivity index (χ1) is 7.55. The lowest BCUT2D eigenvalue weighted by Gasteiger charge is -2.10. The zero-order chi connectivity index (χ0) is 12.0. The molecule has 0 bridgehead atoms. The Morgan fingerprint density at radius 1 is 1.56 bits per heavy atom. The van der Waals surface area contributed by atoms with Crippen molar-refractivity contribution in [3.05, 3.63) is 11.8 Å². The minimum absolute atomic E-state index is 0.0167. The molecule has 1 heterocycles. The lowest BCUT2D eigenvalue weighted by Crippen LogP contribution is -2.27. The maximum Gasteiger partial charge on any atom is 0.359 e. The number of hydrogen-bond donors (Lipinski definition) is 2. The molecule has 1 aliphatic rings. The van der Waals surface area contributed by atoms with Crippen LogP contribution in [-0.4, -0.2) is 26.2 Å². The predicted molar refractivity (Wildman–Crippen MR) is 60.9 cm³/mol. The minimum atomic E-state index is -3.72. The first kappa shape index (κ1) is 13.5. The summed E-state index contributed by atoms with van der Waals surface area (Å²) < 4.78 is 29.3. The molecule has 1 fully saturated rings. The Morgan fingerprint density at radius 3 is 3.00 bits per heavy atom. The van der Waals surface area contributed by atoms with Crippen LogP contribution in [0.15, 0.2) is 11.8 Å². The maximum absolute atomic E-state index is 11.2. The summed E-state index contributed by atoms with van der Waals surface area (Å²) >= 11 is 0. The molecule has 1 saturated heterocycles. The minimum Gasteiger partial charge on any atom is -0.387 e. The van der Waals surface area contributed by atoms with Crippen LogP contribution in [0.5, 0.6) is 0 Å². The Hall–Kier alpha value is -0.590. The molecule has 0 aliphatic carbocycles. The molecule has 2 N–H and O–H groups in total. The number of aliphatic hydroxyl groups excluding tert-OH is 1. The van der Waals surface area contributed by atoms with Crippen LogP contribution in [-0.2, 0) is 14.5 Å². The molecule has 94 valence electrons. The molecule has 0 amide bonds. The van der Waals surface area contributed by atoms with E-state index in [0.29, 0.717) is 12.1 Å². The van der Waals surface area contributed by atoms with E-state index in [-0.39, 0.29) is 6.61 Å². The van der Waals surface area contributed by atoms with Crippen LogP contribution in [0.2, 0.25) is 0 Å². The fourth-order valence-electron chi connectivity index (χ4n) is 1.50. The number of hydrogen-bond acceptors (Lipinski definition) is 4. The summed E-state index contributed by atoms with van der Waals surface area (Å²) in [7, 11) is -3.72. The van der Waals surface area contributed by atoms with Gasteiger partial charge in [-0.05, 0) is 12.8 Å². The van der Waals surface area contributed by atoms with Crippen molar-refractivity contribution < 1.29 is 17.7 Å². The van der Waals surface area contributed by atoms with Gasteiger partial charge in [0.2, 0.25) is 0 Å². The molecular formula is C10H19NO4S. The lowest BCUT2D eigenvalue weighted by molar-refractivity contribution is 0.178. The average molecular weight is 249 g/mol. The summed E-state index contributed by atoms with van der Waals surface area (Å²) in [4.78, 5) is 0. The van der Waals surface area contributed by atoms with E-state index >= 15 is 0 Å². The molecule has 0 aromatic heterocycles. The molecule has 1 rings (SSSR count). The zero-order valence-electron chi connectivity index (χ0n) is 9.48. The van der Waals surface area contributed by atoms with Crippen molar-refractivity contribution in [2.45, 2.75) is 45.1 Å². The molecule has 0 aromatic rings. The number of nitrogens with one attached hydrogen (secondary N) is 1. The molecule has 0 saturated carbocycles. The quantitative estimate of drug-likeness (QED) is 0.731. The summed E-state index contributed by atoms with van der Waals surface area (Å²) in [5.74, 6) is 0. The molecule has 0 aromatic carbocycles.